The minimum absolute atomic E-state index is 0.0676. The van der Waals surface area contributed by atoms with Crippen molar-refractivity contribution in [2.45, 2.75) is 85.8 Å². The lowest BCUT2D eigenvalue weighted by Crippen LogP contribution is -2.72. The Hall–Kier alpha value is -7.22. The van der Waals surface area contributed by atoms with Gasteiger partial charge >= 0.3 is 23.9 Å². The van der Waals surface area contributed by atoms with Gasteiger partial charge in [-0.3, -0.25) is 9.59 Å². The quantitative estimate of drug-likeness (QED) is 0.0311. The van der Waals surface area contributed by atoms with Crippen molar-refractivity contribution >= 4 is 35.4 Å². The Kier molecular flexibility index (Phi) is 15.6. The third-order valence-electron chi connectivity index (χ3n) is 14.2. The van der Waals surface area contributed by atoms with Crippen LogP contribution in [0.4, 0.5) is 0 Å². The molecule has 4 aliphatic carbocycles. The molecule has 10 rings (SSSR count). The van der Waals surface area contributed by atoms with Crippen LogP contribution >= 0.6 is 0 Å². The van der Waals surface area contributed by atoms with Gasteiger partial charge in [-0.15, -0.1) is 0 Å². The van der Waals surface area contributed by atoms with Crippen LogP contribution in [0.5, 0.6) is 11.5 Å². The first-order valence-corrected chi connectivity index (χ1v) is 24.0. The zero-order valence-corrected chi connectivity index (χ0v) is 39.9. The number of carbonyl (C=O) groups is 6. The summed E-state index contributed by atoms with van der Waals surface area (Å²) >= 11 is 0. The van der Waals surface area contributed by atoms with E-state index in [2.05, 4.69) is 0 Å². The van der Waals surface area contributed by atoms with E-state index in [0.29, 0.717) is 0 Å². The molecule has 6 aliphatic rings. The molecule has 8 N–H and O–H groups in total. The van der Waals surface area contributed by atoms with Gasteiger partial charge in [0.2, 0.25) is 23.8 Å². The van der Waals surface area contributed by atoms with E-state index in [1.54, 1.807) is 36.4 Å². The van der Waals surface area contributed by atoms with E-state index in [1.807, 2.05) is 0 Å². The minimum Gasteiger partial charge on any atom is -0.460 e. The van der Waals surface area contributed by atoms with E-state index < -0.39 is 158 Å². The summed E-state index contributed by atoms with van der Waals surface area (Å²) < 4.78 is 45.8. The number of aliphatic hydroxyl groups is 8. The van der Waals surface area contributed by atoms with Gasteiger partial charge < -0.3 is 78.7 Å². The Bertz CT molecular complexity index is 2880. The number of para-hydroxylation sites is 2. The smallest absolute Gasteiger partial charge is 0.347 e. The first-order valence-electron chi connectivity index (χ1n) is 24.0. The first kappa shape index (κ1) is 53.6. The van der Waals surface area contributed by atoms with Gasteiger partial charge in [-0.1, -0.05) is 91.0 Å². The molecule has 22 heteroatoms. The van der Waals surface area contributed by atoms with Crippen LogP contribution < -0.4 is 9.47 Å². The van der Waals surface area contributed by atoms with Gasteiger partial charge in [-0.05, 0) is 48.4 Å². The standard InChI is InChI=1S/C54H52O22/c55-23-36-40(58)42(60)44(75-47(63)27-11-3-1-4-12-27)49(73-36)71-34-17-9-7-15-29(34)25-69-51(65)53(67)33-21-19-32(46(53)62)31-20-22-38(57)54(68,39(31)33)52(66)70-26-30-16-8-10-18-35(30)72-50-45(43(61)41(59)37(24-56)74-50)76-48(64)28-13-5-2-6-14-28/h1-22,31-33,36-37,39-45,49-50,55-56,58-61,67-68H,23-26H2/t31?,32?,33?,36?,37?,39?,40-,41-,42?,43?,44+,45+,49-,50-,53-,54+/m0/s1. The molecule has 0 amide bonds. The topological polar surface area (TPSA) is 338 Å². The average Bonchev–Trinajstić information content (AvgIpc) is 3.56. The number of aliphatic hydroxyl groups excluding tert-OH is 6. The molecular weight excluding hydrogens is 1000 g/mol. The number of esters is 4. The number of hydrogen-bond acceptors (Lipinski definition) is 22. The molecule has 3 fully saturated rings. The molecule has 22 nitrogen and oxygen atoms in total. The number of carbonyl (C=O) groups excluding carboxylic acids is 6. The number of Topliss-reactive ketones (excluding diaryl/α,β-unsaturated/α-hetero) is 1. The zero-order valence-electron chi connectivity index (χ0n) is 39.9. The number of allylic oxidation sites excluding steroid dienone is 2. The highest BCUT2D eigenvalue weighted by atomic mass is 16.7. The molecule has 2 bridgehead atoms. The van der Waals surface area contributed by atoms with Crippen LogP contribution in [-0.4, -0.2) is 162 Å². The molecule has 0 spiro atoms. The van der Waals surface area contributed by atoms with Crippen LogP contribution in [0.2, 0.25) is 0 Å². The number of ether oxygens (including phenoxy) is 8. The normalized spacial score (nSPS) is 33.4. The number of ketones is 2. The van der Waals surface area contributed by atoms with Crippen LogP contribution in [-0.2, 0) is 60.8 Å². The van der Waals surface area contributed by atoms with E-state index in [0.717, 1.165) is 6.08 Å². The van der Waals surface area contributed by atoms with Crippen molar-refractivity contribution in [3.8, 4) is 11.5 Å². The Morgan fingerprint density at radius 3 is 1.43 bits per heavy atom. The van der Waals surface area contributed by atoms with Crippen molar-refractivity contribution in [2.75, 3.05) is 13.2 Å². The molecular formula is C54H52O22. The van der Waals surface area contributed by atoms with Gasteiger partial charge in [0.05, 0.1) is 24.3 Å². The van der Waals surface area contributed by atoms with Gasteiger partial charge in [-0.25, -0.2) is 19.2 Å². The Labute approximate surface area is 431 Å². The predicted octanol–water partition coefficient (Wildman–Crippen LogP) is -0.222. The molecule has 16 atom stereocenters. The Morgan fingerprint density at radius 1 is 0.539 bits per heavy atom. The molecule has 0 aromatic heterocycles. The average molecular weight is 1050 g/mol. The van der Waals surface area contributed by atoms with Crippen LogP contribution in [0, 0.1) is 23.7 Å². The molecule has 4 aromatic carbocycles. The second kappa shape index (κ2) is 22.2. The summed E-state index contributed by atoms with van der Waals surface area (Å²) in [6, 6.07) is 27.0. The molecule has 4 aromatic rings. The van der Waals surface area contributed by atoms with Crippen LogP contribution in [0.15, 0.2) is 133 Å². The molecule has 2 aliphatic heterocycles. The van der Waals surface area contributed by atoms with Crippen molar-refractivity contribution in [2.24, 2.45) is 23.7 Å². The predicted molar refractivity (Wildman–Crippen MR) is 253 cm³/mol. The SMILES string of the molecule is O=C(O[C@@H]1C(O)[C@@H](O)C(CO)O[C@@H]1Oc1ccccc1COC(=O)[C@@]1(O)C(=O)C2C=CC1C1C2C=CC(=O)[C@]1(O)C(=O)OCc1ccccc1O[C@H]1OC(CO)[C@H](O)C(O)[C@H]1OC(=O)c1ccccc1)c1ccccc1. The molecule has 400 valence electrons. The zero-order chi connectivity index (χ0) is 54.1. The summed E-state index contributed by atoms with van der Waals surface area (Å²) in [6.45, 7) is -3.00. The van der Waals surface area contributed by atoms with E-state index in [4.69, 9.17) is 37.9 Å². The third kappa shape index (κ3) is 9.91. The lowest BCUT2D eigenvalue weighted by Gasteiger charge is -2.54. The lowest BCUT2D eigenvalue weighted by atomic mass is 9.49. The van der Waals surface area contributed by atoms with Crippen molar-refractivity contribution in [1.82, 2.24) is 0 Å². The fourth-order valence-corrected chi connectivity index (χ4v) is 10.1. The van der Waals surface area contributed by atoms with Crippen LogP contribution in [0.25, 0.3) is 0 Å². The summed E-state index contributed by atoms with van der Waals surface area (Å²) in [5, 5.41) is 87.8. The van der Waals surface area contributed by atoms with Crippen molar-refractivity contribution < 1.29 is 108 Å². The molecule has 8 unspecified atom stereocenters. The highest BCUT2D eigenvalue weighted by Crippen LogP contribution is 2.55. The molecule has 76 heavy (non-hydrogen) atoms. The van der Waals surface area contributed by atoms with Crippen molar-refractivity contribution in [1.29, 1.82) is 0 Å². The first-order chi connectivity index (χ1) is 36.5. The molecule has 2 heterocycles. The summed E-state index contributed by atoms with van der Waals surface area (Å²) in [4.78, 5) is 82.6. The lowest BCUT2D eigenvalue weighted by molar-refractivity contribution is -0.276. The molecule has 1 saturated carbocycles. The second-order valence-electron chi connectivity index (χ2n) is 18.6. The third-order valence-corrected chi connectivity index (χ3v) is 14.2. The summed E-state index contributed by atoms with van der Waals surface area (Å²) in [7, 11) is 0. The van der Waals surface area contributed by atoms with E-state index >= 15 is 0 Å². The maximum absolute atomic E-state index is 14.3. The Morgan fingerprint density at radius 2 is 0.974 bits per heavy atom. The van der Waals surface area contributed by atoms with Gasteiger partial charge in [0.25, 0.3) is 0 Å². The highest BCUT2D eigenvalue weighted by Gasteiger charge is 2.71. The van der Waals surface area contributed by atoms with Crippen LogP contribution in [0.3, 0.4) is 0 Å². The van der Waals surface area contributed by atoms with Crippen molar-refractivity contribution in [3.05, 3.63) is 156 Å². The maximum Gasteiger partial charge on any atom is 0.347 e. The van der Waals surface area contributed by atoms with E-state index in [-0.39, 0.29) is 33.8 Å². The molecule has 2 saturated heterocycles. The monoisotopic (exact) mass is 1050 g/mol. The van der Waals surface area contributed by atoms with E-state index in [1.165, 1.54) is 91.0 Å². The Balaban J connectivity index is 0.912. The summed E-state index contributed by atoms with van der Waals surface area (Å²) in [6.07, 6.45) is -11.8. The van der Waals surface area contributed by atoms with Crippen molar-refractivity contribution in [3.63, 3.8) is 0 Å². The van der Waals surface area contributed by atoms with E-state index in [9.17, 15) is 69.6 Å². The number of fused-ring (bicyclic) bond motifs is 1. The molecule has 0 radical (unpaired) electrons. The van der Waals surface area contributed by atoms with Gasteiger partial charge in [0, 0.05) is 28.9 Å². The summed E-state index contributed by atoms with van der Waals surface area (Å²) in [5.41, 5.74) is -5.90. The number of rotatable bonds is 16. The second-order valence-corrected chi connectivity index (χ2v) is 18.6. The van der Waals surface area contributed by atoms with Gasteiger partial charge in [0.15, 0.2) is 23.8 Å². The fourth-order valence-electron chi connectivity index (χ4n) is 10.1. The highest BCUT2D eigenvalue weighted by molar-refractivity contribution is 6.16. The summed E-state index contributed by atoms with van der Waals surface area (Å²) in [5.74, 6) is -13.3. The van der Waals surface area contributed by atoms with Gasteiger partial charge in [-0.2, -0.15) is 0 Å². The number of benzene rings is 4. The van der Waals surface area contributed by atoms with Gasteiger partial charge in [0.1, 0.15) is 61.3 Å². The largest absolute Gasteiger partial charge is 0.460 e. The number of hydrogen-bond donors (Lipinski definition) is 8. The maximum atomic E-state index is 14.3. The fraction of sp³-hybridized carbons (Fsp3) is 0.370. The minimum atomic E-state index is -3.12. The van der Waals surface area contributed by atoms with Crippen LogP contribution in [0.1, 0.15) is 31.8 Å².